The van der Waals surface area contributed by atoms with Crippen LogP contribution in [0.5, 0.6) is 0 Å². The number of aryl methyl sites for hydroxylation is 1. The fourth-order valence-electron chi connectivity index (χ4n) is 2.56. The third kappa shape index (κ3) is 2.08. The Hall–Kier alpha value is -1.32. The smallest absolute Gasteiger partial charge is 0.223 e. The number of carbonyl (C=O) groups is 1. The van der Waals surface area contributed by atoms with E-state index in [-0.39, 0.29) is 11.8 Å². The molecule has 4 heteroatoms. The van der Waals surface area contributed by atoms with Crippen LogP contribution < -0.4 is 5.32 Å². The fraction of sp³-hybridized carbons (Fsp3) is 0.692. The molecule has 0 aliphatic heterocycles. The van der Waals surface area contributed by atoms with Crippen molar-refractivity contribution in [2.24, 2.45) is 13.0 Å². The predicted octanol–water partition coefficient (Wildman–Crippen LogP) is 1.33. The number of fused-ring (bicyclic) bond motifs is 1. The quantitative estimate of drug-likeness (QED) is 0.856. The predicted molar refractivity (Wildman–Crippen MR) is 64.4 cm³/mol. The molecule has 4 nitrogen and oxygen atoms in total. The van der Waals surface area contributed by atoms with E-state index < -0.39 is 0 Å². The summed E-state index contributed by atoms with van der Waals surface area (Å²) in [6, 6.07) is 0. The number of imidazole rings is 1. The van der Waals surface area contributed by atoms with Crippen molar-refractivity contribution in [3.05, 3.63) is 17.2 Å². The average molecular weight is 233 g/mol. The molecule has 0 spiro atoms. The molecule has 1 amide bonds. The van der Waals surface area contributed by atoms with Gasteiger partial charge in [0.05, 0.1) is 12.2 Å². The molecule has 92 valence electrons. The zero-order valence-corrected chi connectivity index (χ0v) is 10.3. The second kappa shape index (κ2) is 4.17. The zero-order chi connectivity index (χ0) is 11.8. The highest BCUT2D eigenvalue weighted by Gasteiger charge is 2.29. The molecule has 0 saturated heterocycles. The van der Waals surface area contributed by atoms with E-state index in [0.29, 0.717) is 6.54 Å². The normalized spacial score (nSPS) is 18.9. The third-order valence-corrected chi connectivity index (χ3v) is 3.84. The third-order valence-electron chi connectivity index (χ3n) is 3.84. The van der Waals surface area contributed by atoms with E-state index in [1.807, 2.05) is 0 Å². The van der Waals surface area contributed by atoms with Gasteiger partial charge in [-0.3, -0.25) is 4.79 Å². The molecular weight excluding hydrogens is 214 g/mol. The van der Waals surface area contributed by atoms with Crippen molar-refractivity contribution in [1.29, 1.82) is 0 Å². The van der Waals surface area contributed by atoms with Gasteiger partial charge in [0, 0.05) is 18.7 Å². The highest BCUT2D eigenvalue weighted by atomic mass is 16.2. The maximum absolute atomic E-state index is 11.6. The van der Waals surface area contributed by atoms with Crippen molar-refractivity contribution >= 4 is 5.91 Å². The van der Waals surface area contributed by atoms with Crippen LogP contribution in [0.3, 0.4) is 0 Å². The molecule has 0 unspecified atom stereocenters. The van der Waals surface area contributed by atoms with E-state index in [9.17, 15) is 4.79 Å². The molecule has 0 radical (unpaired) electrons. The van der Waals surface area contributed by atoms with Crippen LogP contribution in [0.1, 0.15) is 42.9 Å². The summed E-state index contributed by atoms with van der Waals surface area (Å²) in [5, 5.41) is 2.99. The maximum Gasteiger partial charge on any atom is 0.223 e. The largest absolute Gasteiger partial charge is 0.349 e. The van der Waals surface area contributed by atoms with E-state index in [4.69, 9.17) is 0 Å². The molecule has 1 heterocycles. The Morgan fingerprint density at radius 1 is 1.41 bits per heavy atom. The minimum Gasteiger partial charge on any atom is -0.349 e. The Bertz CT molecular complexity index is 446. The highest BCUT2D eigenvalue weighted by Crippen LogP contribution is 2.29. The van der Waals surface area contributed by atoms with Crippen molar-refractivity contribution in [3.8, 4) is 0 Å². The number of nitrogens with one attached hydrogen (secondary N) is 1. The Morgan fingerprint density at radius 2 is 2.18 bits per heavy atom. The lowest BCUT2D eigenvalue weighted by molar-refractivity contribution is -0.122. The molecule has 0 bridgehead atoms. The van der Waals surface area contributed by atoms with Crippen LogP contribution >= 0.6 is 0 Å². The lowest BCUT2D eigenvalue weighted by Crippen LogP contribution is -2.25. The fourth-order valence-corrected chi connectivity index (χ4v) is 2.56. The van der Waals surface area contributed by atoms with Crippen LogP contribution in [0.4, 0.5) is 0 Å². The molecule has 1 aromatic heterocycles. The maximum atomic E-state index is 11.6. The van der Waals surface area contributed by atoms with Crippen LogP contribution in [0, 0.1) is 5.92 Å². The summed E-state index contributed by atoms with van der Waals surface area (Å²) >= 11 is 0. The lowest BCUT2D eigenvalue weighted by atomic mass is 10.0. The second-order valence-electron chi connectivity index (χ2n) is 5.18. The Balaban J connectivity index is 1.69. The van der Waals surface area contributed by atoms with E-state index >= 15 is 0 Å². The van der Waals surface area contributed by atoms with Crippen LogP contribution in [-0.4, -0.2) is 15.5 Å². The summed E-state index contributed by atoms with van der Waals surface area (Å²) in [5.41, 5.74) is 2.61. The van der Waals surface area contributed by atoms with Gasteiger partial charge >= 0.3 is 0 Å². The number of rotatable bonds is 3. The molecule has 0 aromatic carbocycles. The van der Waals surface area contributed by atoms with Crippen molar-refractivity contribution in [2.75, 3.05) is 0 Å². The number of carbonyl (C=O) groups excluding carboxylic acids is 1. The second-order valence-corrected chi connectivity index (χ2v) is 5.18. The Kier molecular flexibility index (Phi) is 2.65. The number of hydrogen-bond donors (Lipinski definition) is 1. The minimum atomic E-state index is 0.200. The molecule has 1 saturated carbocycles. The molecule has 3 rings (SSSR count). The van der Waals surface area contributed by atoms with Crippen LogP contribution in [-0.2, 0) is 31.2 Å². The minimum absolute atomic E-state index is 0.200. The van der Waals surface area contributed by atoms with E-state index in [2.05, 4.69) is 21.9 Å². The number of hydrogen-bond acceptors (Lipinski definition) is 2. The summed E-state index contributed by atoms with van der Waals surface area (Å²) in [7, 11) is 2.07. The van der Waals surface area contributed by atoms with Crippen LogP contribution in [0.15, 0.2) is 0 Å². The monoisotopic (exact) mass is 233 g/mol. The molecule has 2 aliphatic rings. The molecule has 1 aromatic rings. The van der Waals surface area contributed by atoms with Gasteiger partial charge in [-0.2, -0.15) is 0 Å². The first-order valence-electron chi connectivity index (χ1n) is 6.57. The first-order valence-corrected chi connectivity index (χ1v) is 6.57. The van der Waals surface area contributed by atoms with Gasteiger partial charge in [-0.15, -0.1) is 0 Å². The molecular formula is C13H19N3O. The average Bonchev–Trinajstić information content (AvgIpc) is 3.14. The van der Waals surface area contributed by atoms with Crippen molar-refractivity contribution in [2.45, 2.75) is 45.1 Å². The van der Waals surface area contributed by atoms with Gasteiger partial charge in [-0.05, 0) is 38.5 Å². The SMILES string of the molecule is Cn1c(CNC(=O)C2CC2)nc2c1CCCC2. The lowest BCUT2D eigenvalue weighted by Gasteiger charge is -2.11. The van der Waals surface area contributed by atoms with Gasteiger partial charge < -0.3 is 9.88 Å². The van der Waals surface area contributed by atoms with Crippen LogP contribution in [0.25, 0.3) is 0 Å². The Labute approximate surface area is 101 Å². The van der Waals surface area contributed by atoms with Gasteiger partial charge in [0.25, 0.3) is 0 Å². The number of amides is 1. The van der Waals surface area contributed by atoms with Gasteiger partial charge in [-0.25, -0.2) is 4.98 Å². The molecule has 2 aliphatic carbocycles. The number of nitrogens with zero attached hydrogens (tertiary/aromatic N) is 2. The summed E-state index contributed by atoms with van der Waals surface area (Å²) in [6.45, 7) is 0.582. The van der Waals surface area contributed by atoms with Crippen molar-refractivity contribution in [1.82, 2.24) is 14.9 Å². The molecule has 17 heavy (non-hydrogen) atoms. The zero-order valence-electron chi connectivity index (χ0n) is 10.3. The summed E-state index contributed by atoms with van der Waals surface area (Å²) < 4.78 is 2.17. The van der Waals surface area contributed by atoms with Gasteiger partial charge in [0.2, 0.25) is 5.91 Å². The van der Waals surface area contributed by atoms with E-state index in [0.717, 1.165) is 31.5 Å². The highest BCUT2D eigenvalue weighted by molar-refractivity contribution is 5.80. The van der Waals surface area contributed by atoms with Gasteiger partial charge in [0.15, 0.2) is 0 Å². The standard InChI is InChI=1S/C13H19N3O/c1-16-11-5-3-2-4-10(11)15-12(16)8-14-13(17)9-6-7-9/h9H,2-8H2,1H3,(H,14,17). The number of aromatic nitrogens is 2. The molecule has 0 atom stereocenters. The first-order chi connectivity index (χ1) is 8.25. The van der Waals surface area contributed by atoms with Crippen LogP contribution in [0.2, 0.25) is 0 Å². The molecule has 1 fully saturated rings. The Morgan fingerprint density at radius 3 is 2.88 bits per heavy atom. The van der Waals surface area contributed by atoms with Crippen molar-refractivity contribution in [3.63, 3.8) is 0 Å². The molecule has 1 N–H and O–H groups in total. The van der Waals surface area contributed by atoms with Crippen molar-refractivity contribution < 1.29 is 4.79 Å². The van der Waals surface area contributed by atoms with Gasteiger partial charge in [-0.1, -0.05) is 0 Å². The summed E-state index contributed by atoms with van der Waals surface area (Å²) in [4.78, 5) is 16.2. The summed E-state index contributed by atoms with van der Waals surface area (Å²) in [6.07, 6.45) is 6.86. The summed E-state index contributed by atoms with van der Waals surface area (Å²) in [5.74, 6) is 1.49. The van der Waals surface area contributed by atoms with E-state index in [1.54, 1.807) is 0 Å². The topological polar surface area (TPSA) is 46.9 Å². The first kappa shape index (κ1) is 10.8. The van der Waals surface area contributed by atoms with Gasteiger partial charge in [0.1, 0.15) is 5.82 Å². The van der Waals surface area contributed by atoms with E-state index in [1.165, 1.54) is 24.2 Å².